The van der Waals surface area contributed by atoms with Crippen molar-refractivity contribution in [1.82, 2.24) is 0 Å². The molecule has 0 aromatic heterocycles. The Hall–Kier alpha value is -4.65. The molecule has 0 heterocycles. The number of fused-ring (bicyclic) bond motifs is 8. The molecular weight excluding hydrogens is 602 g/mol. The van der Waals surface area contributed by atoms with Crippen molar-refractivity contribution in [1.29, 1.82) is 0 Å². The molecule has 0 spiro atoms. The molecule has 8 bridgehead atoms. The number of benzene rings is 4. The molecule has 3 N–H and O–H groups in total. The normalized spacial score (nSPS) is 12.3. The highest BCUT2D eigenvalue weighted by molar-refractivity contribution is 5.88. The van der Waals surface area contributed by atoms with Crippen LogP contribution in [0, 0.1) is 0 Å². The number of carboxylic acids is 1. The van der Waals surface area contributed by atoms with Gasteiger partial charge in [0.2, 0.25) is 0 Å². The maximum absolute atomic E-state index is 12.5. The van der Waals surface area contributed by atoms with Crippen LogP contribution in [0.15, 0.2) is 60.7 Å². The minimum absolute atomic E-state index is 0.229. The average molecular weight is 652 g/mol. The van der Waals surface area contributed by atoms with Crippen LogP contribution in [0.4, 0.5) is 5.69 Å². The summed E-state index contributed by atoms with van der Waals surface area (Å²) < 4.78 is 26.0. The summed E-state index contributed by atoms with van der Waals surface area (Å²) in [6, 6.07) is 19.9. The van der Waals surface area contributed by atoms with Crippen molar-refractivity contribution >= 4 is 11.7 Å². The smallest absolute Gasteiger partial charge is 0.335 e. The number of hydrogen-bond acceptors (Lipinski definition) is 6. The summed E-state index contributed by atoms with van der Waals surface area (Å²) in [5.41, 5.74) is 15.1. The number of nitrogen functional groups attached to an aromatic ring is 1. The van der Waals surface area contributed by atoms with Gasteiger partial charge < -0.3 is 29.8 Å². The molecule has 7 nitrogen and oxygen atoms in total. The summed E-state index contributed by atoms with van der Waals surface area (Å²) in [5.74, 6) is 2.21. The third-order valence-electron chi connectivity index (χ3n) is 8.44. The molecule has 0 fully saturated rings. The van der Waals surface area contributed by atoms with Crippen molar-refractivity contribution in [2.45, 2.75) is 79.1 Å². The molecule has 0 aliphatic heterocycles. The summed E-state index contributed by atoms with van der Waals surface area (Å²) in [5, 5.41) is 10.2. The Balaban J connectivity index is 1.82. The fraction of sp³-hybridized carbons (Fsp3) is 0.390. The Bertz CT molecular complexity index is 1620. The first-order valence-corrected chi connectivity index (χ1v) is 17.4. The molecular formula is C41H49NO6. The number of aromatic carboxylic acids is 1. The summed E-state index contributed by atoms with van der Waals surface area (Å²) in [7, 11) is 0. The topological polar surface area (TPSA) is 100 Å². The van der Waals surface area contributed by atoms with E-state index in [1.807, 2.05) is 24.3 Å². The number of hydrogen-bond donors (Lipinski definition) is 2. The van der Waals surface area contributed by atoms with E-state index in [-0.39, 0.29) is 5.56 Å². The van der Waals surface area contributed by atoms with Crippen LogP contribution in [0.5, 0.6) is 23.0 Å². The SMILES string of the molecule is CCCOc1c2cccc1Cc1cc(C(=O)O)cc(c1OCCC)Cc1cccc(c1OCCC)Cc1cc(N)cc(c1OCCC)C2. The Morgan fingerprint density at radius 1 is 0.542 bits per heavy atom. The summed E-state index contributed by atoms with van der Waals surface area (Å²) in [4.78, 5) is 12.5. The number of nitrogens with two attached hydrogens (primary N) is 1. The van der Waals surface area contributed by atoms with Gasteiger partial charge in [0.1, 0.15) is 23.0 Å². The van der Waals surface area contributed by atoms with Crippen molar-refractivity contribution in [3.8, 4) is 23.0 Å². The molecule has 0 unspecified atom stereocenters. The van der Waals surface area contributed by atoms with Gasteiger partial charge in [0.25, 0.3) is 0 Å². The number of anilines is 1. The fourth-order valence-corrected chi connectivity index (χ4v) is 6.40. The minimum Gasteiger partial charge on any atom is -0.493 e. The Labute approximate surface area is 285 Å². The lowest BCUT2D eigenvalue weighted by atomic mass is 9.90. The van der Waals surface area contributed by atoms with Gasteiger partial charge in [-0.2, -0.15) is 0 Å². The first-order chi connectivity index (χ1) is 23.4. The predicted molar refractivity (Wildman–Crippen MR) is 192 cm³/mol. The van der Waals surface area contributed by atoms with Gasteiger partial charge in [-0.25, -0.2) is 4.79 Å². The Kier molecular flexibility index (Phi) is 11.9. The summed E-state index contributed by atoms with van der Waals surface area (Å²) in [6.45, 7) is 10.6. The van der Waals surface area contributed by atoms with Gasteiger partial charge in [-0.15, -0.1) is 0 Å². The van der Waals surface area contributed by atoms with E-state index >= 15 is 0 Å². The van der Waals surface area contributed by atoms with Crippen molar-refractivity contribution in [3.05, 3.63) is 111 Å². The molecule has 5 rings (SSSR count). The van der Waals surface area contributed by atoms with Gasteiger partial charge in [0.05, 0.1) is 32.0 Å². The van der Waals surface area contributed by atoms with Gasteiger partial charge in [0, 0.05) is 42.5 Å². The Morgan fingerprint density at radius 3 is 1.12 bits per heavy atom. The molecule has 254 valence electrons. The van der Waals surface area contributed by atoms with Crippen molar-refractivity contribution < 1.29 is 28.8 Å². The van der Waals surface area contributed by atoms with Gasteiger partial charge in [-0.05, 0) is 83.3 Å². The second-order valence-electron chi connectivity index (χ2n) is 12.5. The number of para-hydroxylation sites is 2. The highest BCUT2D eigenvalue weighted by atomic mass is 16.5. The average Bonchev–Trinajstić information content (AvgIpc) is 3.06. The van der Waals surface area contributed by atoms with Crippen LogP contribution in [-0.4, -0.2) is 37.5 Å². The Morgan fingerprint density at radius 2 is 0.833 bits per heavy atom. The zero-order valence-corrected chi connectivity index (χ0v) is 28.8. The lowest BCUT2D eigenvalue weighted by Gasteiger charge is -2.23. The third-order valence-corrected chi connectivity index (χ3v) is 8.44. The zero-order chi connectivity index (χ0) is 34.0. The van der Waals surface area contributed by atoms with Gasteiger partial charge in [0.15, 0.2) is 0 Å². The van der Waals surface area contributed by atoms with Crippen LogP contribution < -0.4 is 24.7 Å². The molecule has 0 atom stereocenters. The van der Waals surface area contributed by atoms with Gasteiger partial charge >= 0.3 is 5.97 Å². The van der Waals surface area contributed by atoms with E-state index in [4.69, 9.17) is 24.7 Å². The molecule has 4 aromatic rings. The summed E-state index contributed by atoms with van der Waals surface area (Å²) in [6.07, 6.45) is 5.41. The van der Waals surface area contributed by atoms with E-state index in [0.29, 0.717) is 57.8 Å². The van der Waals surface area contributed by atoms with Gasteiger partial charge in [-0.1, -0.05) is 64.1 Å². The molecule has 1 aliphatic carbocycles. The van der Waals surface area contributed by atoms with Crippen LogP contribution in [0.25, 0.3) is 0 Å². The van der Waals surface area contributed by atoms with Crippen LogP contribution in [0.2, 0.25) is 0 Å². The van der Waals surface area contributed by atoms with Gasteiger partial charge in [-0.3, -0.25) is 0 Å². The summed E-state index contributed by atoms with van der Waals surface area (Å²) >= 11 is 0. The monoisotopic (exact) mass is 651 g/mol. The predicted octanol–water partition coefficient (Wildman–Crippen LogP) is 8.80. The van der Waals surface area contributed by atoms with Crippen molar-refractivity contribution in [3.63, 3.8) is 0 Å². The highest BCUT2D eigenvalue weighted by Gasteiger charge is 2.23. The van der Waals surface area contributed by atoms with E-state index in [0.717, 1.165) is 93.2 Å². The van der Waals surface area contributed by atoms with Crippen LogP contribution in [-0.2, 0) is 25.7 Å². The number of ether oxygens (including phenoxy) is 4. The van der Waals surface area contributed by atoms with E-state index < -0.39 is 5.97 Å². The maximum Gasteiger partial charge on any atom is 0.335 e. The lowest BCUT2D eigenvalue weighted by Crippen LogP contribution is -2.11. The molecule has 4 aromatic carbocycles. The fourth-order valence-electron chi connectivity index (χ4n) is 6.40. The first kappa shape index (κ1) is 34.7. The van der Waals surface area contributed by atoms with E-state index in [2.05, 4.69) is 52.0 Å². The van der Waals surface area contributed by atoms with E-state index in [1.165, 1.54) is 0 Å². The molecule has 48 heavy (non-hydrogen) atoms. The largest absolute Gasteiger partial charge is 0.493 e. The molecule has 0 amide bonds. The molecule has 0 radical (unpaired) electrons. The quantitative estimate of drug-likeness (QED) is 0.123. The van der Waals surface area contributed by atoms with Crippen molar-refractivity contribution in [2.24, 2.45) is 0 Å². The van der Waals surface area contributed by atoms with Crippen LogP contribution in [0.1, 0.15) is 108 Å². The third kappa shape index (κ3) is 8.07. The minimum atomic E-state index is -0.975. The second kappa shape index (κ2) is 16.4. The molecule has 7 heteroatoms. The zero-order valence-electron chi connectivity index (χ0n) is 28.8. The number of carboxylic acid groups (broad SMARTS) is 1. The second-order valence-corrected chi connectivity index (χ2v) is 12.5. The highest BCUT2D eigenvalue weighted by Crippen LogP contribution is 2.40. The number of carbonyl (C=O) groups is 1. The lowest BCUT2D eigenvalue weighted by molar-refractivity contribution is 0.0696. The number of rotatable bonds is 13. The molecule has 1 aliphatic rings. The van der Waals surface area contributed by atoms with Crippen molar-refractivity contribution in [2.75, 3.05) is 32.2 Å². The molecule has 0 saturated heterocycles. The van der Waals surface area contributed by atoms with E-state index in [1.54, 1.807) is 12.1 Å². The molecule has 0 saturated carbocycles. The first-order valence-electron chi connectivity index (χ1n) is 17.4. The van der Waals surface area contributed by atoms with E-state index in [9.17, 15) is 9.90 Å². The standard InChI is InChI=1S/C41H49NO6/c1-5-15-45-37-27-11-9-13-29(37)21-33-25-36(42)26-34(40(33)48-18-8-4)22-30-14-10-12-28(38(30)46-16-6-2)20-32-24-35(41(43)44)23-31(19-27)39(32)47-17-7-3/h9-14,23-26H,5-8,15-22,42H2,1-4H3,(H,43,44). The van der Waals surface area contributed by atoms with Crippen LogP contribution >= 0.6 is 0 Å². The van der Waals surface area contributed by atoms with Crippen LogP contribution in [0.3, 0.4) is 0 Å². The maximum atomic E-state index is 12.5.